The van der Waals surface area contributed by atoms with E-state index in [0.29, 0.717) is 0 Å². The van der Waals surface area contributed by atoms with Crippen molar-refractivity contribution in [3.8, 4) is 0 Å². The standard InChI is InChI=1S/C15H29NO/c1-9-16(10-2)13(17)11-12(14(3,4)5)15(6,7)8/h11H,9-10H2,1-8H3. The third-order valence-electron chi connectivity index (χ3n) is 2.96. The van der Waals surface area contributed by atoms with Crippen LogP contribution in [0.2, 0.25) is 0 Å². The largest absolute Gasteiger partial charge is 0.340 e. The molecular formula is C15H29NO. The van der Waals surface area contributed by atoms with Gasteiger partial charge in [0.05, 0.1) is 0 Å². The van der Waals surface area contributed by atoms with E-state index in [0.717, 1.165) is 13.1 Å². The summed E-state index contributed by atoms with van der Waals surface area (Å²) in [7, 11) is 0. The van der Waals surface area contributed by atoms with Crippen LogP contribution >= 0.6 is 0 Å². The average Bonchev–Trinajstić information content (AvgIpc) is 2.12. The Hall–Kier alpha value is -0.790. The lowest BCUT2D eigenvalue weighted by Gasteiger charge is -2.34. The average molecular weight is 239 g/mol. The minimum atomic E-state index is 0.0288. The van der Waals surface area contributed by atoms with Gasteiger partial charge in [-0.1, -0.05) is 47.1 Å². The second-order valence-electron chi connectivity index (χ2n) is 6.57. The van der Waals surface area contributed by atoms with Crippen LogP contribution in [0.4, 0.5) is 0 Å². The first-order valence-electron chi connectivity index (χ1n) is 6.55. The summed E-state index contributed by atoms with van der Waals surface area (Å²) in [5.74, 6) is 0.134. The summed E-state index contributed by atoms with van der Waals surface area (Å²) in [6, 6.07) is 0. The number of carbonyl (C=O) groups excluding carboxylic acids is 1. The van der Waals surface area contributed by atoms with E-state index in [4.69, 9.17) is 0 Å². The molecule has 0 saturated carbocycles. The second-order valence-corrected chi connectivity index (χ2v) is 6.57. The molecule has 1 amide bonds. The molecule has 0 aromatic heterocycles. The lowest BCUT2D eigenvalue weighted by atomic mass is 9.72. The monoisotopic (exact) mass is 239 g/mol. The van der Waals surface area contributed by atoms with Crippen LogP contribution in [0.15, 0.2) is 11.6 Å². The van der Waals surface area contributed by atoms with Crippen molar-refractivity contribution in [3.63, 3.8) is 0 Å². The predicted molar refractivity (Wildman–Crippen MR) is 74.9 cm³/mol. The van der Waals surface area contributed by atoms with E-state index in [-0.39, 0.29) is 16.7 Å². The number of likely N-dealkylation sites (N-methyl/N-ethyl adjacent to an activating group) is 1. The van der Waals surface area contributed by atoms with E-state index in [1.165, 1.54) is 5.57 Å². The zero-order valence-electron chi connectivity index (χ0n) is 12.8. The molecule has 2 heteroatoms. The van der Waals surface area contributed by atoms with Gasteiger partial charge in [0.1, 0.15) is 0 Å². The molecule has 0 heterocycles. The van der Waals surface area contributed by atoms with Gasteiger partial charge in [0.2, 0.25) is 5.91 Å². The minimum absolute atomic E-state index is 0.0288. The molecule has 0 aliphatic rings. The van der Waals surface area contributed by atoms with E-state index in [9.17, 15) is 4.79 Å². The molecule has 0 aliphatic heterocycles. The van der Waals surface area contributed by atoms with Crippen molar-refractivity contribution in [3.05, 3.63) is 11.6 Å². The fourth-order valence-corrected chi connectivity index (χ4v) is 2.31. The Kier molecular flexibility index (Phi) is 5.44. The summed E-state index contributed by atoms with van der Waals surface area (Å²) in [5.41, 5.74) is 1.27. The summed E-state index contributed by atoms with van der Waals surface area (Å²) < 4.78 is 0. The summed E-state index contributed by atoms with van der Waals surface area (Å²) >= 11 is 0. The molecule has 0 atom stereocenters. The number of nitrogens with zero attached hydrogens (tertiary/aromatic N) is 1. The summed E-state index contributed by atoms with van der Waals surface area (Å²) in [6.07, 6.45) is 1.84. The topological polar surface area (TPSA) is 20.3 Å². The van der Waals surface area contributed by atoms with Crippen molar-refractivity contribution in [1.29, 1.82) is 0 Å². The fourth-order valence-electron chi connectivity index (χ4n) is 2.31. The first kappa shape index (κ1) is 16.2. The molecule has 0 fully saturated rings. The zero-order valence-corrected chi connectivity index (χ0v) is 12.8. The van der Waals surface area contributed by atoms with Crippen LogP contribution in [0.25, 0.3) is 0 Å². The molecular weight excluding hydrogens is 210 g/mol. The van der Waals surface area contributed by atoms with Gasteiger partial charge in [-0.2, -0.15) is 0 Å². The van der Waals surface area contributed by atoms with Gasteiger partial charge in [-0.25, -0.2) is 0 Å². The van der Waals surface area contributed by atoms with Crippen LogP contribution in [-0.4, -0.2) is 23.9 Å². The van der Waals surface area contributed by atoms with Crippen LogP contribution in [0.5, 0.6) is 0 Å². The Morgan fingerprint density at radius 3 is 1.53 bits per heavy atom. The fraction of sp³-hybridized carbons (Fsp3) is 0.800. The van der Waals surface area contributed by atoms with Crippen molar-refractivity contribution < 1.29 is 4.79 Å². The Morgan fingerprint density at radius 2 is 1.29 bits per heavy atom. The smallest absolute Gasteiger partial charge is 0.246 e. The Bertz CT molecular complexity index is 269. The van der Waals surface area contributed by atoms with E-state index in [1.807, 2.05) is 24.8 Å². The molecule has 0 bridgehead atoms. The maximum absolute atomic E-state index is 12.2. The van der Waals surface area contributed by atoms with Crippen molar-refractivity contribution in [2.24, 2.45) is 10.8 Å². The molecule has 0 aliphatic carbocycles. The van der Waals surface area contributed by atoms with Gasteiger partial charge in [0.15, 0.2) is 0 Å². The Morgan fingerprint density at radius 1 is 0.941 bits per heavy atom. The third kappa shape index (κ3) is 4.93. The third-order valence-corrected chi connectivity index (χ3v) is 2.96. The lowest BCUT2D eigenvalue weighted by Crippen LogP contribution is -2.31. The first-order valence-corrected chi connectivity index (χ1v) is 6.55. The van der Waals surface area contributed by atoms with Gasteiger partial charge in [0.25, 0.3) is 0 Å². The quantitative estimate of drug-likeness (QED) is 0.685. The van der Waals surface area contributed by atoms with E-state index < -0.39 is 0 Å². The molecule has 2 nitrogen and oxygen atoms in total. The molecule has 0 rings (SSSR count). The van der Waals surface area contributed by atoms with Gasteiger partial charge in [-0.05, 0) is 24.7 Å². The molecule has 0 aromatic rings. The Labute approximate surface area is 107 Å². The van der Waals surface area contributed by atoms with Crippen LogP contribution in [-0.2, 0) is 4.79 Å². The van der Waals surface area contributed by atoms with Gasteiger partial charge < -0.3 is 4.90 Å². The molecule has 0 unspecified atom stereocenters. The van der Waals surface area contributed by atoms with Gasteiger partial charge in [-0.15, -0.1) is 0 Å². The number of amides is 1. The van der Waals surface area contributed by atoms with Crippen LogP contribution in [0.1, 0.15) is 55.4 Å². The summed E-state index contributed by atoms with van der Waals surface area (Å²) in [6.45, 7) is 18.6. The minimum Gasteiger partial charge on any atom is -0.340 e. The Balaban J connectivity index is 5.28. The number of allylic oxidation sites excluding steroid dienone is 1. The van der Waals surface area contributed by atoms with Crippen LogP contribution in [0, 0.1) is 10.8 Å². The molecule has 17 heavy (non-hydrogen) atoms. The predicted octanol–water partition coefficient (Wildman–Crippen LogP) is 3.87. The number of hydrogen-bond acceptors (Lipinski definition) is 1. The van der Waals surface area contributed by atoms with Crippen molar-refractivity contribution in [1.82, 2.24) is 4.90 Å². The molecule has 0 saturated heterocycles. The molecule has 0 spiro atoms. The normalized spacial score (nSPS) is 12.2. The maximum Gasteiger partial charge on any atom is 0.246 e. The molecule has 100 valence electrons. The zero-order chi connectivity index (χ0) is 13.9. The van der Waals surface area contributed by atoms with Crippen molar-refractivity contribution in [2.45, 2.75) is 55.4 Å². The number of hydrogen-bond donors (Lipinski definition) is 0. The van der Waals surface area contributed by atoms with Crippen LogP contribution in [0.3, 0.4) is 0 Å². The summed E-state index contributed by atoms with van der Waals surface area (Å²) in [4.78, 5) is 14.0. The highest BCUT2D eigenvalue weighted by atomic mass is 16.2. The SMILES string of the molecule is CCN(CC)C(=O)C=C(C(C)(C)C)C(C)(C)C. The highest BCUT2D eigenvalue weighted by Crippen LogP contribution is 2.39. The van der Waals surface area contributed by atoms with E-state index in [2.05, 4.69) is 41.5 Å². The van der Waals surface area contributed by atoms with Gasteiger partial charge in [-0.3, -0.25) is 4.79 Å². The number of carbonyl (C=O) groups is 1. The van der Waals surface area contributed by atoms with E-state index in [1.54, 1.807) is 0 Å². The highest BCUT2D eigenvalue weighted by molar-refractivity contribution is 5.88. The van der Waals surface area contributed by atoms with Gasteiger partial charge >= 0.3 is 0 Å². The van der Waals surface area contributed by atoms with Crippen molar-refractivity contribution in [2.75, 3.05) is 13.1 Å². The number of rotatable bonds is 3. The molecule has 0 N–H and O–H groups in total. The van der Waals surface area contributed by atoms with Crippen LogP contribution < -0.4 is 0 Å². The van der Waals surface area contributed by atoms with E-state index >= 15 is 0 Å². The lowest BCUT2D eigenvalue weighted by molar-refractivity contribution is -0.125. The second kappa shape index (κ2) is 5.70. The molecule has 0 aromatic carbocycles. The van der Waals surface area contributed by atoms with Crippen molar-refractivity contribution >= 4 is 5.91 Å². The first-order chi connectivity index (χ1) is 7.54. The molecule has 0 radical (unpaired) electrons. The summed E-state index contributed by atoms with van der Waals surface area (Å²) in [5, 5.41) is 0. The van der Waals surface area contributed by atoms with Gasteiger partial charge in [0, 0.05) is 19.2 Å². The maximum atomic E-state index is 12.2. The highest BCUT2D eigenvalue weighted by Gasteiger charge is 2.29.